The minimum Gasteiger partial charge on any atom is -0.497 e. The summed E-state index contributed by atoms with van der Waals surface area (Å²) in [7, 11) is 1.62. The summed E-state index contributed by atoms with van der Waals surface area (Å²) in [5, 5.41) is 9.56. The predicted octanol–water partition coefficient (Wildman–Crippen LogP) is 4.74. The molecule has 0 atom stereocenters. The molecule has 2 aromatic heterocycles. The van der Waals surface area contributed by atoms with E-state index in [1.54, 1.807) is 7.11 Å². The highest BCUT2D eigenvalue weighted by Crippen LogP contribution is 2.27. The van der Waals surface area contributed by atoms with Crippen LogP contribution in [-0.2, 0) is 17.8 Å². The average molecular weight is 402 g/mol. The van der Waals surface area contributed by atoms with Gasteiger partial charge in [0, 0.05) is 11.9 Å². The fraction of sp³-hybridized carbons (Fsp3) is 0.292. The molecule has 0 aliphatic rings. The van der Waals surface area contributed by atoms with Gasteiger partial charge in [0.25, 0.3) is 0 Å². The van der Waals surface area contributed by atoms with Crippen molar-refractivity contribution in [2.24, 2.45) is 5.92 Å². The molecule has 1 amide bonds. The molecule has 0 saturated carbocycles. The number of methoxy groups -OCH3 is 1. The molecular weight excluding hydrogens is 376 g/mol. The molecule has 0 saturated heterocycles. The molecule has 6 nitrogen and oxygen atoms in total. The number of carbonyl (C=O) groups is 1. The molecule has 0 spiro atoms. The summed E-state index contributed by atoms with van der Waals surface area (Å²) in [6.07, 6.45) is 0.267. The fourth-order valence-corrected chi connectivity index (χ4v) is 3.53. The Bertz CT molecular complexity index is 1210. The largest absolute Gasteiger partial charge is 0.497 e. The first-order valence-corrected chi connectivity index (χ1v) is 10.1. The predicted molar refractivity (Wildman–Crippen MR) is 120 cm³/mol. The Morgan fingerprint density at radius 2 is 1.90 bits per heavy atom. The molecule has 0 fully saturated rings. The van der Waals surface area contributed by atoms with Crippen molar-refractivity contribution in [3.63, 3.8) is 0 Å². The van der Waals surface area contributed by atoms with Gasteiger partial charge in [-0.15, -0.1) is 0 Å². The monoisotopic (exact) mass is 402 g/mol. The van der Waals surface area contributed by atoms with Gasteiger partial charge in [-0.2, -0.15) is 5.10 Å². The number of ether oxygens (including phenoxy) is 1. The maximum absolute atomic E-state index is 12.7. The molecule has 2 heterocycles. The molecule has 0 unspecified atom stereocenters. The standard InChI is InChI=1S/C24H26N4O2/c1-15(2)14-28-24-20(13-18-8-5-16(3)11-21(18)25-24)23(27-28)26-22(29)12-17-6-9-19(30-4)10-7-17/h5-11,13,15H,12,14H2,1-4H3,(H,26,27,29). The number of pyridine rings is 1. The molecule has 6 heteroatoms. The molecule has 1 N–H and O–H groups in total. The molecular formula is C24H26N4O2. The number of rotatable bonds is 6. The fourth-order valence-electron chi connectivity index (χ4n) is 3.53. The van der Waals surface area contributed by atoms with Crippen molar-refractivity contribution in [2.45, 2.75) is 33.7 Å². The van der Waals surface area contributed by atoms with Gasteiger partial charge in [-0.3, -0.25) is 4.79 Å². The molecule has 4 aromatic rings. The van der Waals surface area contributed by atoms with Gasteiger partial charge in [-0.05, 0) is 48.2 Å². The van der Waals surface area contributed by atoms with Crippen molar-refractivity contribution < 1.29 is 9.53 Å². The van der Waals surface area contributed by atoms with Gasteiger partial charge in [-0.1, -0.05) is 38.1 Å². The van der Waals surface area contributed by atoms with Crippen molar-refractivity contribution in [1.82, 2.24) is 14.8 Å². The van der Waals surface area contributed by atoms with Crippen molar-refractivity contribution >= 4 is 33.7 Å². The van der Waals surface area contributed by atoms with E-state index < -0.39 is 0 Å². The van der Waals surface area contributed by atoms with Gasteiger partial charge in [0.15, 0.2) is 11.5 Å². The van der Waals surface area contributed by atoms with Crippen molar-refractivity contribution in [2.75, 3.05) is 12.4 Å². The third-order valence-corrected chi connectivity index (χ3v) is 4.99. The van der Waals surface area contributed by atoms with Gasteiger partial charge < -0.3 is 10.1 Å². The SMILES string of the molecule is COc1ccc(CC(=O)Nc2nn(CC(C)C)c3nc4cc(C)ccc4cc23)cc1. The van der Waals surface area contributed by atoms with Crippen LogP contribution in [0.15, 0.2) is 48.5 Å². The highest BCUT2D eigenvalue weighted by atomic mass is 16.5. The highest BCUT2D eigenvalue weighted by molar-refractivity contribution is 6.03. The average Bonchev–Trinajstić information content (AvgIpc) is 3.02. The summed E-state index contributed by atoms with van der Waals surface area (Å²) in [6, 6.07) is 15.8. The van der Waals surface area contributed by atoms with E-state index in [9.17, 15) is 4.79 Å². The van der Waals surface area contributed by atoms with Crippen LogP contribution in [-0.4, -0.2) is 27.8 Å². The molecule has 2 aromatic carbocycles. The van der Waals surface area contributed by atoms with Gasteiger partial charge in [0.2, 0.25) is 5.91 Å². The van der Waals surface area contributed by atoms with Gasteiger partial charge in [0.05, 0.1) is 24.4 Å². The topological polar surface area (TPSA) is 69.0 Å². The second-order valence-electron chi connectivity index (χ2n) is 8.05. The number of nitrogens with one attached hydrogen (secondary N) is 1. The summed E-state index contributed by atoms with van der Waals surface area (Å²) < 4.78 is 7.07. The molecule has 30 heavy (non-hydrogen) atoms. The maximum Gasteiger partial charge on any atom is 0.230 e. The lowest BCUT2D eigenvalue weighted by molar-refractivity contribution is -0.115. The van der Waals surface area contributed by atoms with E-state index in [4.69, 9.17) is 9.72 Å². The third-order valence-electron chi connectivity index (χ3n) is 4.99. The van der Waals surface area contributed by atoms with Crippen LogP contribution in [0.2, 0.25) is 0 Å². The summed E-state index contributed by atoms with van der Waals surface area (Å²) in [4.78, 5) is 17.6. The Morgan fingerprint density at radius 3 is 2.60 bits per heavy atom. The van der Waals surface area contributed by atoms with Crippen molar-refractivity contribution in [1.29, 1.82) is 0 Å². The first-order valence-electron chi connectivity index (χ1n) is 10.1. The zero-order valence-electron chi connectivity index (χ0n) is 17.8. The van der Waals surface area contributed by atoms with E-state index in [1.165, 1.54) is 0 Å². The van der Waals surface area contributed by atoms with E-state index in [0.717, 1.165) is 45.4 Å². The lowest BCUT2D eigenvalue weighted by Gasteiger charge is -2.06. The van der Waals surface area contributed by atoms with E-state index in [-0.39, 0.29) is 12.3 Å². The molecule has 4 rings (SSSR count). The number of hydrogen-bond acceptors (Lipinski definition) is 4. The van der Waals surface area contributed by atoms with Crippen LogP contribution in [0, 0.1) is 12.8 Å². The number of hydrogen-bond donors (Lipinski definition) is 1. The highest BCUT2D eigenvalue weighted by Gasteiger charge is 2.16. The Balaban J connectivity index is 1.68. The first kappa shape index (κ1) is 19.9. The van der Waals surface area contributed by atoms with Crippen LogP contribution in [0.3, 0.4) is 0 Å². The normalized spacial score (nSPS) is 11.4. The van der Waals surface area contributed by atoms with E-state index in [0.29, 0.717) is 11.7 Å². The second-order valence-corrected chi connectivity index (χ2v) is 8.05. The third kappa shape index (κ3) is 4.13. The Kier molecular flexibility index (Phi) is 5.40. The number of aromatic nitrogens is 3. The lowest BCUT2D eigenvalue weighted by atomic mass is 10.1. The van der Waals surface area contributed by atoms with Crippen LogP contribution in [0.25, 0.3) is 21.9 Å². The maximum atomic E-state index is 12.7. The first-order chi connectivity index (χ1) is 14.4. The zero-order valence-corrected chi connectivity index (χ0v) is 17.8. The van der Waals surface area contributed by atoms with Gasteiger partial charge >= 0.3 is 0 Å². The number of carbonyl (C=O) groups excluding carboxylic acids is 1. The number of benzene rings is 2. The van der Waals surface area contributed by atoms with Crippen LogP contribution in [0.4, 0.5) is 5.82 Å². The zero-order chi connectivity index (χ0) is 21.3. The summed E-state index contributed by atoms with van der Waals surface area (Å²) in [5.74, 6) is 1.62. The van der Waals surface area contributed by atoms with Gasteiger partial charge in [0.1, 0.15) is 5.75 Å². The Labute approximate surface area is 175 Å². The van der Waals surface area contributed by atoms with E-state index >= 15 is 0 Å². The van der Waals surface area contributed by atoms with E-state index in [2.05, 4.69) is 55.5 Å². The molecule has 0 radical (unpaired) electrons. The number of anilines is 1. The lowest BCUT2D eigenvalue weighted by Crippen LogP contribution is -2.15. The summed E-state index contributed by atoms with van der Waals surface area (Å²) in [6.45, 7) is 7.07. The molecule has 0 aliphatic carbocycles. The number of nitrogens with zero attached hydrogens (tertiary/aromatic N) is 3. The number of aryl methyl sites for hydroxylation is 1. The smallest absolute Gasteiger partial charge is 0.230 e. The van der Waals surface area contributed by atoms with Gasteiger partial charge in [-0.25, -0.2) is 9.67 Å². The van der Waals surface area contributed by atoms with Crippen LogP contribution >= 0.6 is 0 Å². The Morgan fingerprint density at radius 1 is 1.13 bits per heavy atom. The second kappa shape index (κ2) is 8.14. The minimum atomic E-state index is -0.111. The van der Waals surface area contributed by atoms with E-state index in [1.807, 2.05) is 28.9 Å². The van der Waals surface area contributed by atoms with Crippen LogP contribution < -0.4 is 10.1 Å². The van der Waals surface area contributed by atoms with Crippen LogP contribution in [0.5, 0.6) is 5.75 Å². The number of amides is 1. The number of fused-ring (bicyclic) bond motifs is 2. The minimum absolute atomic E-state index is 0.111. The summed E-state index contributed by atoms with van der Waals surface area (Å²) in [5.41, 5.74) is 3.81. The van der Waals surface area contributed by atoms with Crippen molar-refractivity contribution in [3.8, 4) is 5.75 Å². The van der Waals surface area contributed by atoms with Crippen LogP contribution in [0.1, 0.15) is 25.0 Å². The quantitative estimate of drug-likeness (QED) is 0.506. The molecule has 0 bridgehead atoms. The molecule has 154 valence electrons. The summed E-state index contributed by atoms with van der Waals surface area (Å²) >= 11 is 0. The Hall–Kier alpha value is -3.41. The van der Waals surface area contributed by atoms with Crippen molar-refractivity contribution in [3.05, 3.63) is 59.7 Å². The molecule has 0 aliphatic heterocycles.